The summed E-state index contributed by atoms with van der Waals surface area (Å²) in [6.07, 6.45) is 8.72. The highest BCUT2D eigenvalue weighted by atomic mass is 19.1. The van der Waals surface area contributed by atoms with E-state index < -0.39 is 6.04 Å². The number of nitrogens with one attached hydrogen (secondary N) is 1. The van der Waals surface area contributed by atoms with Crippen LogP contribution in [0.3, 0.4) is 0 Å². The Labute approximate surface area is 156 Å². The zero-order chi connectivity index (χ0) is 18.6. The highest BCUT2D eigenvalue weighted by molar-refractivity contribution is 5.83. The first kappa shape index (κ1) is 19.3. The van der Waals surface area contributed by atoms with Gasteiger partial charge in [0.15, 0.2) is 0 Å². The van der Waals surface area contributed by atoms with E-state index in [-0.39, 0.29) is 17.3 Å². The number of piperidine rings is 1. The van der Waals surface area contributed by atoms with E-state index >= 15 is 0 Å². The van der Waals surface area contributed by atoms with E-state index in [1.165, 1.54) is 57.1 Å². The van der Waals surface area contributed by atoms with E-state index in [2.05, 4.69) is 10.2 Å². The fourth-order valence-corrected chi connectivity index (χ4v) is 4.68. The Morgan fingerprint density at radius 2 is 1.73 bits per heavy atom. The molecule has 26 heavy (non-hydrogen) atoms. The second kappa shape index (κ2) is 8.49. The first-order valence-electron chi connectivity index (χ1n) is 9.96. The van der Waals surface area contributed by atoms with Crippen LogP contribution in [0.15, 0.2) is 24.3 Å². The average Bonchev–Trinajstić information content (AvgIpc) is 3.13. The van der Waals surface area contributed by atoms with E-state index in [0.29, 0.717) is 0 Å². The third-order valence-corrected chi connectivity index (χ3v) is 6.10. The molecular formula is C21H32FN3O. The lowest BCUT2D eigenvalue weighted by atomic mass is 9.91. The molecule has 0 unspecified atom stereocenters. The van der Waals surface area contributed by atoms with Gasteiger partial charge in [-0.25, -0.2) is 4.39 Å². The minimum Gasteiger partial charge on any atom is -0.353 e. The molecule has 1 N–H and O–H groups in total. The molecule has 5 heteroatoms. The molecule has 0 spiro atoms. The standard InChI is InChI=1S/C21H32FN3O/c1-24(2)19(17-8-10-18(22)11-9-17)20(26)23-16-21(12-4-5-13-21)25-14-6-3-7-15-25/h8-11,19H,3-7,12-16H2,1-2H3,(H,23,26)/t19-/m1/s1. The summed E-state index contributed by atoms with van der Waals surface area (Å²) >= 11 is 0. The topological polar surface area (TPSA) is 35.6 Å². The van der Waals surface area contributed by atoms with Gasteiger partial charge in [0.1, 0.15) is 11.9 Å². The van der Waals surface area contributed by atoms with Crippen molar-refractivity contribution in [1.29, 1.82) is 0 Å². The maximum absolute atomic E-state index is 13.2. The van der Waals surface area contributed by atoms with Crippen LogP contribution in [-0.2, 0) is 4.79 Å². The summed E-state index contributed by atoms with van der Waals surface area (Å²) in [5.74, 6) is -0.272. The Morgan fingerprint density at radius 3 is 2.31 bits per heavy atom. The number of likely N-dealkylation sites (tertiary alicyclic amines) is 1. The summed E-state index contributed by atoms with van der Waals surface area (Å²) in [5.41, 5.74) is 0.961. The Hall–Kier alpha value is -1.46. The number of likely N-dealkylation sites (N-methyl/N-ethyl adjacent to an activating group) is 1. The average molecular weight is 362 g/mol. The quantitative estimate of drug-likeness (QED) is 0.844. The summed E-state index contributed by atoms with van der Waals surface area (Å²) in [7, 11) is 3.78. The summed E-state index contributed by atoms with van der Waals surface area (Å²) in [4.78, 5) is 17.5. The molecular weight excluding hydrogens is 329 g/mol. The predicted molar refractivity (Wildman–Crippen MR) is 102 cm³/mol. The lowest BCUT2D eigenvalue weighted by Crippen LogP contribution is -2.56. The van der Waals surface area contributed by atoms with Crippen molar-refractivity contribution in [2.75, 3.05) is 33.7 Å². The molecule has 1 aromatic rings. The molecule has 1 saturated carbocycles. The van der Waals surface area contributed by atoms with Crippen molar-refractivity contribution in [2.45, 2.75) is 56.5 Å². The van der Waals surface area contributed by atoms with E-state index in [9.17, 15) is 9.18 Å². The van der Waals surface area contributed by atoms with Crippen LogP contribution in [0.25, 0.3) is 0 Å². The summed E-state index contributed by atoms with van der Waals surface area (Å²) in [6, 6.07) is 5.86. The minimum atomic E-state index is -0.393. The molecule has 0 bridgehead atoms. The van der Waals surface area contributed by atoms with Crippen molar-refractivity contribution in [2.24, 2.45) is 0 Å². The molecule has 3 rings (SSSR count). The van der Waals surface area contributed by atoms with Crippen molar-refractivity contribution in [3.63, 3.8) is 0 Å². The summed E-state index contributed by atoms with van der Waals surface area (Å²) < 4.78 is 13.2. The number of hydrogen-bond donors (Lipinski definition) is 1. The highest BCUT2D eigenvalue weighted by Gasteiger charge is 2.40. The van der Waals surface area contributed by atoms with Crippen molar-refractivity contribution in [3.8, 4) is 0 Å². The monoisotopic (exact) mass is 361 g/mol. The van der Waals surface area contributed by atoms with Gasteiger partial charge in [-0.15, -0.1) is 0 Å². The van der Waals surface area contributed by atoms with Crippen LogP contribution in [0.1, 0.15) is 56.6 Å². The molecule has 4 nitrogen and oxygen atoms in total. The third-order valence-electron chi connectivity index (χ3n) is 6.10. The molecule has 1 amide bonds. The number of halogens is 1. The first-order valence-corrected chi connectivity index (χ1v) is 9.96. The van der Waals surface area contributed by atoms with Gasteiger partial charge in [0.2, 0.25) is 5.91 Å². The molecule has 1 heterocycles. The van der Waals surface area contributed by atoms with E-state index in [0.717, 1.165) is 25.2 Å². The van der Waals surface area contributed by atoms with Crippen molar-refractivity contribution >= 4 is 5.91 Å². The van der Waals surface area contributed by atoms with Gasteiger partial charge in [0.25, 0.3) is 0 Å². The fourth-order valence-electron chi connectivity index (χ4n) is 4.68. The largest absolute Gasteiger partial charge is 0.353 e. The van der Waals surface area contributed by atoms with Gasteiger partial charge in [0, 0.05) is 12.1 Å². The molecule has 0 aromatic heterocycles. The number of nitrogens with zero attached hydrogens (tertiary/aromatic N) is 2. The lowest BCUT2D eigenvalue weighted by Gasteiger charge is -2.44. The lowest BCUT2D eigenvalue weighted by molar-refractivity contribution is -0.126. The van der Waals surface area contributed by atoms with E-state index in [1.54, 1.807) is 12.1 Å². The SMILES string of the molecule is CN(C)[C@@H](C(=O)NCC1(N2CCCCC2)CCCC1)c1ccc(F)cc1. The summed E-state index contributed by atoms with van der Waals surface area (Å²) in [6.45, 7) is 3.03. The van der Waals surface area contributed by atoms with Crippen LogP contribution >= 0.6 is 0 Å². The van der Waals surface area contributed by atoms with Gasteiger partial charge in [-0.05, 0) is 70.6 Å². The van der Waals surface area contributed by atoms with Crippen molar-refractivity contribution < 1.29 is 9.18 Å². The maximum atomic E-state index is 13.2. The number of amides is 1. The fraction of sp³-hybridized carbons (Fsp3) is 0.667. The molecule has 1 aliphatic carbocycles. The highest BCUT2D eigenvalue weighted by Crippen LogP contribution is 2.36. The number of carbonyl (C=O) groups is 1. The van der Waals surface area contributed by atoms with Gasteiger partial charge >= 0.3 is 0 Å². The van der Waals surface area contributed by atoms with Crippen LogP contribution in [0.2, 0.25) is 0 Å². The predicted octanol–water partition coefficient (Wildman–Crippen LogP) is 3.34. The van der Waals surface area contributed by atoms with E-state index in [4.69, 9.17) is 0 Å². The Balaban J connectivity index is 1.69. The van der Waals surface area contributed by atoms with Gasteiger partial charge in [-0.2, -0.15) is 0 Å². The molecule has 1 aromatic carbocycles. The molecule has 1 saturated heterocycles. The molecule has 2 fully saturated rings. The smallest absolute Gasteiger partial charge is 0.242 e. The molecule has 144 valence electrons. The molecule has 1 aliphatic heterocycles. The normalized spacial score (nSPS) is 21.7. The number of benzene rings is 1. The molecule has 2 aliphatic rings. The minimum absolute atomic E-state index is 0.00453. The zero-order valence-corrected chi connectivity index (χ0v) is 16.1. The van der Waals surface area contributed by atoms with Gasteiger partial charge in [-0.3, -0.25) is 14.6 Å². The first-order chi connectivity index (χ1) is 12.5. The number of hydrogen-bond acceptors (Lipinski definition) is 3. The Morgan fingerprint density at radius 1 is 1.12 bits per heavy atom. The number of carbonyl (C=O) groups excluding carboxylic acids is 1. The van der Waals surface area contributed by atoms with Gasteiger partial charge < -0.3 is 5.32 Å². The van der Waals surface area contributed by atoms with Crippen molar-refractivity contribution in [3.05, 3.63) is 35.6 Å². The Bertz CT molecular complexity index is 590. The van der Waals surface area contributed by atoms with Crippen LogP contribution < -0.4 is 5.32 Å². The summed E-state index contributed by atoms with van der Waals surface area (Å²) in [5, 5.41) is 3.24. The number of rotatable bonds is 6. The van der Waals surface area contributed by atoms with Crippen molar-refractivity contribution in [1.82, 2.24) is 15.1 Å². The van der Waals surface area contributed by atoms with Crippen LogP contribution in [0.4, 0.5) is 4.39 Å². The molecule has 0 radical (unpaired) electrons. The van der Waals surface area contributed by atoms with Gasteiger partial charge in [0.05, 0.1) is 0 Å². The van der Waals surface area contributed by atoms with Crippen LogP contribution in [0.5, 0.6) is 0 Å². The van der Waals surface area contributed by atoms with Crippen LogP contribution in [0, 0.1) is 5.82 Å². The third kappa shape index (κ3) is 4.26. The van der Waals surface area contributed by atoms with E-state index in [1.807, 2.05) is 19.0 Å². The second-order valence-corrected chi connectivity index (χ2v) is 8.11. The van der Waals surface area contributed by atoms with Gasteiger partial charge in [-0.1, -0.05) is 31.4 Å². The second-order valence-electron chi connectivity index (χ2n) is 8.11. The van der Waals surface area contributed by atoms with Crippen LogP contribution in [-0.4, -0.2) is 55.0 Å². The Kier molecular flexibility index (Phi) is 6.30. The molecule has 1 atom stereocenters. The maximum Gasteiger partial charge on any atom is 0.242 e. The zero-order valence-electron chi connectivity index (χ0n) is 16.1.